The number of methoxy groups -OCH3 is 1. The predicted molar refractivity (Wildman–Crippen MR) is 204 cm³/mol. The number of nitrogens with one attached hydrogen (secondary N) is 1. The summed E-state index contributed by atoms with van der Waals surface area (Å²) in [6, 6.07) is 18.8. The smallest absolute Gasteiger partial charge is 0.355 e. The minimum absolute atomic E-state index is 0.0553. The van der Waals surface area contributed by atoms with Gasteiger partial charge in [0.25, 0.3) is 5.91 Å². The molecule has 2 unspecified atom stereocenters. The number of carbonyl (C=O) groups is 2. The quantitative estimate of drug-likeness (QED) is 0.160. The Morgan fingerprint density at radius 2 is 1.70 bits per heavy atom. The number of carboxylic acids is 1. The summed E-state index contributed by atoms with van der Waals surface area (Å²) in [7, 11) is 1.87. The number of nitrogens with zero attached hydrogens (tertiary/aromatic N) is 4. The molecule has 0 aliphatic heterocycles. The molecule has 270 valence electrons. The summed E-state index contributed by atoms with van der Waals surface area (Å²) in [6.45, 7) is 7.59. The zero-order valence-electron chi connectivity index (χ0n) is 30.1. The molecule has 1 amide bonds. The topological polar surface area (TPSA) is 119 Å². The van der Waals surface area contributed by atoms with Crippen LogP contribution in [0.25, 0.3) is 43.4 Å². The number of rotatable bonds is 8. The number of para-hydroxylation sites is 1. The summed E-state index contributed by atoms with van der Waals surface area (Å²) < 4.78 is 24.3. The van der Waals surface area contributed by atoms with Crippen LogP contribution in [-0.4, -0.2) is 49.4 Å². The van der Waals surface area contributed by atoms with Gasteiger partial charge in [-0.05, 0) is 110 Å². The second-order valence-electron chi connectivity index (χ2n) is 16.6. The van der Waals surface area contributed by atoms with Crippen molar-refractivity contribution in [2.24, 2.45) is 16.2 Å². The normalized spacial score (nSPS) is 26.1. The monoisotopic (exact) mass is 729 g/mol. The average molecular weight is 730 g/mol. The van der Waals surface area contributed by atoms with Gasteiger partial charge in [0.15, 0.2) is 10.8 Å². The van der Waals surface area contributed by atoms with E-state index in [1.165, 1.54) is 29.9 Å². The van der Waals surface area contributed by atoms with E-state index in [0.717, 1.165) is 60.1 Å². The van der Waals surface area contributed by atoms with E-state index in [2.05, 4.69) is 33.8 Å². The van der Waals surface area contributed by atoms with E-state index in [0.29, 0.717) is 27.3 Å². The number of amides is 1. The van der Waals surface area contributed by atoms with Gasteiger partial charge in [0.2, 0.25) is 0 Å². The lowest BCUT2D eigenvalue weighted by atomic mass is 9.39. The first kappa shape index (κ1) is 33.8. The van der Waals surface area contributed by atoms with Gasteiger partial charge < -0.3 is 9.84 Å². The molecule has 0 spiro atoms. The van der Waals surface area contributed by atoms with Crippen molar-refractivity contribution in [3.8, 4) is 22.4 Å². The van der Waals surface area contributed by atoms with E-state index in [4.69, 9.17) is 9.84 Å². The van der Waals surface area contributed by atoms with Crippen LogP contribution >= 0.6 is 11.3 Å². The number of anilines is 1. The Morgan fingerprint density at radius 1 is 0.925 bits per heavy atom. The van der Waals surface area contributed by atoms with Gasteiger partial charge in [-0.3, -0.25) is 14.8 Å². The summed E-state index contributed by atoms with van der Waals surface area (Å²) in [5.74, 6) is -2.07. The molecular formula is C42H40FN5O4S. The first-order valence-corrected chi connectivity index (χ1v) is 18.8. The van der Waals surface area contributed by atoms with Crippen molar-refractivity contribution in [2.75, 3.05) is 12.4 Å². The molecule has 4 saturated carbocycles. The van der Waals surface area contributed by atoms with Crippen LogP contribution in [0.5, 0.6) is 0 Å². The fourth-order valence-electron chi connectivity index (χ4n) is 11.2. The lowest BCUT2D eigenvalue weighted by molar-refractivity contribution is -0.239. The van der Waals surface area contributed by atoms with E-state index < -0.39 is 17.7 Å². The number of ether oxygens (including phenoxy) is 1. The van der Waals surface area contributed by atoms with E-state index in [1.807, 2.05) is 38.3 Å². The largest absolute Gasteiger partial charge is 0.476 e. The highest BCUT2D eigenvalue weighted by atomic mass is 32.1. The van der Waals surface area contributed by atoms with Gasteiger partial charge in [0, 0.05) is 47.0 Å². The van der Waals surface area contributed by atoms with Crippen molar-refractivity contribution < 1.29 is 23.8 Å². The fraction of sp³-hybridized carbons (Fsp3) is 0.357. The lowest BCUT2D eigenvalue weighted by Gasteiger charge is -2.69. The first-order chi connectivity index (χ1) is 25.3. The molecule has 53 heavy (non-hydrogen) atoms. The Kier molecular flexibility index (Phi) is 7.50. The third-order valence-electron chi connectivity index (χ3n) is 12.1. The highest BCUT2D eigenvalue weighted by Gasteiger charge is 2.66. The summed E-state index contributed by atoms with van der Waals surface area (Å²) in [5.41, 5.74) is 4.38. The number of aromatic carboxylic acids is 1. The third kappa shape index (κ3) is 5.63. The molecule has 4 bridgehead atoms. The third-order valence-corrected chi connectivity index (χ3v) is 13.0. The van der Waals surface area contributed by atoms with Crippen LogP contribution in [-0.2, 0) is 11.3 Å². The Bertz CT molecular complexity index is 2460. The Balaban J connectivity index is 1.04. The molecule has 10 rings (SSSR count). The van der Waals surface area contributed by atoms with Crippen LogP contribution in [0, 0.1) is 29.0 Å². The van der Waals surface area contributed by atoms with E-state index in [9.17, 15) is 14.7 Å². The van der Waals surface area contributed by atoms with Gasteiger partial charge in [0.05, 0.1) is 27.7 Å². The Morgan fingerprint density at radius 3 is 2.43 bits per heavy atom. The molecule has 4 aliphatic carbocycles. The highest BCUT2D eigenvalue weighted by molar-refractivity contribution is 7.22. The second-order valence-corrected chi connectivity index (χ2v) is 17.6. The van der Waals surface area contributed by atoms with Crippen LogP contribution < -0.4 is 5.32 Å². The number of aromatic nitrogens is 4. The maximum absolute atomic E-state index is 15.0. The number of hydrogen-bond donors (Lipinski definition) is 2. The standard InChI is InChI=1S/C42H40FN5O4S/c1-24-30(16-44-48(24)23-41-18-39(2)17-40(3,19-41)21-42(20-39,22-41)52-4)27-12-14-32(45-35(27)37(50)51)25-9-10-26-29(15-25)28(11-13-31(26)43)36(49)47-38-46-33-7-5-6-8-34(33)53-38/h5-16H,17-23H2,1-4H3,(H,50,51)(H,46,47,49). The number of hydrogen-bond acceptors (Lipinski definition) is 7. The van der Waals surface area contributed by atoms with Crippen molar-refractivity contribution in [3.05, 3.63) is 95.7 Å². The molecule has 0 saturated heterocycles. The molecule has 3 aromatic carbocycles. The maximum Gasteiger partial charge on any atom is 0.355 e. The van der Waals surface area contributed by atoms with Gasteiger partial charge in [-0.15, -0.1) is 0 Å². The predicted octanol–water partition coefficient (Wildman–Crippen LogP) is 9.54. The average Bonchev–Trinajstić information content (AvgIpc) is 3.68. The SMILES string of the molecule is COC12CC3(C)CC(C)(CC(Cn4ncc(-c5ccc(-c6ccc7c(F)ccc(C(=O)Nc8nc9ccccc9s8)c7c6)nc5C(=O)O)c4C)(C3)C1)C2. The number of fused-ring (bicyclic) bond motifs is 2. The van der Waals surface area contributed by atoms with E-state index in [1.54, 1.807) is 36.5 Å². The molecule has 4 aliphatic rings. The number of halogens is 1. The number of carbonyl (C=O) groups excluding carboxylic acids is 1. The molecule has 4 fully saturated rings. The summed E-state index contributed by atoms with van der Waals surface area (Å²) in [5, 5.41) is 19.2. The van der Waals surface area contributed by atoms with Gasteiger partial charge in [-0.25, -0.2) is 19.2 Å². The Hall–Kier alpha value is -5.00. The van der Waals surface area contributed by atoms with Crippen LogP contribution in [0.4, 0.5) is 9.52 Å². The zero-order valence-corrected chi connectivity index (χ0v) is 30.9. The summed E-state index contributed by atoms with van der Waals surface area (Å²) in [6.07, 6.45) is 8.45. The minimum atomic E-state index is -1.17. The Labute approximate surface area is 310 Å². The molecule has 3 aromatic heterocycles. The summed E-state index contributed by atoms with van der Waals surface area (Å²) >= 11 is 1.36. The van der Waals surface area contributed by atoms with E-state index in [-0.39, 0.29) is 38.5 Å². The van der Waals surface area contributed by atoms with Gasteiger partial charge >= 0.3 is 5.97 Å². The van der Waals surface area contributed by atoms with Crippen molar-refractivity contribution in [3.63, 3.8) is 0 Å². The highest BCUT2D eigenvalue weighted by Crippen LogP contribution is 2.72. The van der Waals surface area contributed by atoms with Crippen molar-refractivity contribution in [1.29, 1.82) is 0 Å². The molecule has 2 atom stereocenters. The van der Waals surface area contributed by atoms with Crippen molar-refractivity contribution in [1.82, 2.24) is 19.7 Å². The maximum atomic E-state index is 15.0. The molecule has 3 heterocycles. The van der Waals surface area contributed by atoms with E-state index >= 15 is 4.39 Å². The molecule has 11 heteroatoms. The van der Waals surface area contributed by atoms with Crippen molar-refractivity contribution >= 4 is 49.3 Å². The van der Waals surface area contributed by atoms with Crippen LogP contribution in [0.3, 0.4) is 0 Å². The fourth-order valence-corrected chi connectivity index (χ4v) is 12.0. The van der Waals surface area contributed by atoms with Gasteiger partial charge in [-0.1, -0.05) is 49.4 Å². The molecular weight excluding hydrogens is 690 g/mol. The molecule has 6 aromatic rings. The zero-order chi connectivity index (χ0) is 36.9. The number of pyridine rings is 1. The number of thiazole rings is 1. The van der Waals surface area contributed by atoms with Crippen LogP contribution in [0.2, 0.25) is 0 Å². The number of benzene rings is 3. The summed E-state index contributed by atoms with van der Waals surface area (Å²) in [4.78, 5) is 35.4. The molecule has 0 radical (unpaired) electrons. The second kappa shape index (κ2) is 11.8. The van der Waals surface area contributed by atoms with Crippen molar-refractivity contribution in [2.45, 2.75) is 71.4 Å². The number of carboxylic acid groups (broad SMARTS) is 1. The first-order valence-electron chi connectivity index (χ1n) is 18.0. The lowest BCUT2D eigenvalue weighted by Crippen LogP contribution is -2.64. The minimum Gasteiger partial charge on any atom is -0.476 e. The molecule has 2 N–H and O–H groups in total. The van der Waals surface area contributed by atoms with Crippen LogP contribution in [0.1, 0.15) is 78.9 Å². The van der Waals surface area contributed by atoms with Crippen LogP contribution in [0.15, 0.2) is 72.9 Å². The van der Waals surface area contributed by atoms with Gasteiger partial charge in [0.1, 0.15) is 5.82 Å². The molecule has 9 nitrogen and oxygen atoms in total. The van der Waals surface area contributed by atoms with Gasteiger partial charge in [-0.2, -0.15) is 5.10 Å².